The molecule has 3 rings (SSSR count). The fourth-order valence-electron chi connectivity index (χ4n) is 3.65. The molecule has 0 aliphatic heterocycles. The van der Waals surface area contributed by atoms with Crippen molar-refractivity contribution in [2.75, 3.05) is 29.1 Å². The molecule has 0 aromatic heterocycles. The summed E-state index contributed by atoms with van der Waals surface area (Å²) in [6.45, 7) is 7.84. The molecule has 0 bridgehead atoms. The van der Waals surface area contributed by atoms with Crippen LogP contribution in [0.1, 0.15) is 31.1 Å². The number of nitrogens with one attached hydrogen (secondary N) is 1. The molecule has 0 aliphatic rings. The SMILES string of the molecule is CCN(CC)c1ccc(NC(=O)OC(CS(=O)(=O)c2ccc(Cl)cc2)c2ccccc2)c(C)c1. The molecule has 1 N–H and O–H groups in total. The van der Waals surface area contributed by atoms with Gasteiger partial charge in [-0.05, 0) is 74.4 Å². The lowest BCUT2D eigenvalue weighted by Gasteiger charge is -2.23. The van der Waals surface area contributed by atoms with Crippen LogP contribution < -0.4 is 10.2 Å². The van der Waals surface area contributed by atoms with E-state index < -0.39 is 27.8 Å². The highest BCUT2D eigenvalue weighted by Gasteiger charge is 2.26. The fraction of sp³-hybridized carbons (Fsp3) is 0.269. The predicted octanol–water partition coefficient (Wildman–Crippen LogP) is 6.26. The molecular formula is C26H29ClN2O4S. The molecule has 0 spiro atoms. The van der Waals surface area contributed by atoms with Gasteiger partial charge < -0.3 is 9.64 Å². The number of anilines is 2. The summed E-state index contributed by atoms with van der Waals surface area (Å²) < 4.78 is 31.7. The van der Waals surface area contributed by atoms with E-state index in [4.69, 9.17) is 16.3 Å². The van der Waals surface area contributed by atoms with E-state index in [0.29, 0.717) is 16.3 Å². The summed E-state index contributed by atoms with van der Waals surface area (Å²) in [5, 5.41) is 3.19. The first-order chi connectivity index (χ1) is 16.2. The zero-order chi connectivity index (χ0) is 24.7. The van der Waals surface area contributed by atoms with Gasteiger partial charge in [-0.25, -0.2) is 13.2 Å². The molecule has 1 amide bonds. The quantitative estimate of drug-likeness (QED) is 0.375. The molecular weight excluding hydrogens is 472 g/mol. The number of hydrogen-bond donors (Lipinski definition) is 1. The van der Waals surface area contributed by atoms with Crippen molar-refractivity contribution in [3.05, 3.63) is 88.9 Å². The first-order valence-electron chi connectivity index (χ1n) is 11.1. The third-order valence-corrected chi connectivity index (χ3v) is 7.52. The van der Waals surface area contributed by atoms with Crippen LogP contribution in [0, 0.1) is 6.92 Å². The van der Waals surface area contributed by atoms with Crippen LogP contribution in [0.5, 0.6) is 0 Å². The summed E-state index contributed by atoms with van der Waals surface area (Å²) in [7, 11) is -3.74. The number of carbonyl (C=O) groups excluding carboxylic acids is 1. The van der Waals surface area contributed by atoms with E-state index in [2.05, 4.69) is 24.1 Å². The number of hydrogen-bond acceptors (Lipinski definition) is 5. The van der Waals surface area contributed by atoms with Crippen LogP contribution in [-0.4, -0.2) is 33.4 Å². The topological polar surface area (TPSA) is 75.7 Å². The third-order valence-electron chi connectivity index (χ3n) is 5.54. The Morgan fingerprint density at radius 2 is 1.65 bits per heavy atom. The van der Waals surface area contributed by atoms with Gasteiger partial charge in [0, 0.05) is 29.5 Å². The third kappa shape index (κ3) is 6.52. The summed E-state index contributed by atoms with van der Waals surface area (Å²) in [5.74, 6) is -0.397. The van der Waals surface area contributed by atoms with Crippen LogP contribution in [0.4, 0.5) is 16.2 Å². The number of carbonyl (C=O) groups is 1. The number of nitrogens with zero attached hydrogens (tertiary/aromatic N) is 1. The largest absolute Gasteiger partial charge is 0.440 e. The Kier molecular flexibility index (Phi) is 8.58. The molecule has 0 fully saturated rings. The Labute approximate surface area is 206 Å². The molecule has 0 saturated heterocycles. The Hall–Kier alpha value is -3.03. The van der Waals surface area contributed by atoms with Crippen molar-refractivity contribution in [2.24, 2.45) is 0 Å². The van der Waals surface area contributed by atoms with Gasteiger partial charge >= 0.3 is 6.09 Å². The lowest BCUT2D eigenvalue weighted by Crippen LogP contribution is -2.24. The number of halogens is 1. The van der Waals surface area contributed by atoms with Crippen LogP contribution >= 0.6 is 11.6 Å². The maximum atomic E-state index is 13.0. The molecule has 0 heterocycles. The zero-order valence-corrected chi connectivity index (χ0v) is 21.1. The van der Waals surface area contributed by atoms with Crippen LogP contribution in [0.2, 0.25) is 5.02 Å². The average molecular weight is 501 g/mol. The number of rotatable bonds is 9. The molecule has 3 aromatic carbocycles. The molecule has 1 unspecified atom stereocenters. The highest BCUT2D eigenvalue weighted by atomic mass is 35.5. The van der Waals surface area contributed by atoms with E-state index in [0.717, 1.165) is 24.3 Å². The average Bonchev–Trinajstić information content (AvgIpc) is 2.82. The summed E-state index contributed by atoms with van der Waals surface area (Å²) in [6.07, 6.45) is -1.71. The molecule has 34 heavy (non-hydrogen) atoms. The highest BCUT2D eigenvalue weighted by molar-refractivity contribution is 7.91. The molecule has 6 nitrogen and oxygen atoms in total. The number of amides is 1. The van der Waals surface area contributed by atoms with E-state index >= 15 is 0 Å². The monoisotopic (exact) mass is 500 g/mol. The number of sulfone groups is 1. The van der Waals surface area contributed by atoms with Crippen LogP contribution in [-0.2, 0) is 14.6 Å². The van der Waals surface area contributed by atoms with Crippen LogP contribution in [0.3, 0.4) is 0 Å². The molecule has 3 aromatic rings. The van der Waals surface area contributed by atoms with E-state index in [9.17, 15) is 13.2 Å². The molecule has 0 radical (unpaired) electrons. The maximum Gasteiger partial charge on any atom is 0.412 e. The van der Waals surface area contributed by atoms with Gasteiger partial charge in [0.05, 0.1) is 10.6 Å². The minimum atomic E-state index is -3.74. The first kappa shape index (κ1) is 25.6. The second kappa shape index (κ2) is 11.4. The van der Waals surface area contributed by atoms with Crippen molar-refractivity contribution in [1.29, 1.82) is 0 Å². The van der Waals surface area contributed by atoms with Gasteiger partial charge in [-0.1, -0.05) is 41.9 Å². The van der Waals surface area contributed by atoms with Crippen molar-refractivity contribution in [3.63, 3.8) is 0 Å². The second-order valence-electron chi connectivity index (χ2n) is 7.84. The van der Waals surface area contributed by atoms with E-state index in [1.807, 2.05) is 31.2 Å². The van der Waals surface area contributed by atoms with Crippen molar-refractivity contribution in [3.8, 4) is 0 Å². The van der Waals surface area contributed by atoms with Crippen molar-refractivity contribution in [2.45, 2.75) is 31.8 Å². The van der Waals surface area contributed by atoms with Crippen molar-refractivity contribution >= 4 is 38.9 Å². The summed E-state index contributed by atoms with van der Waals surface area (Å²) >= 11 is 5.89. The van der Waals surface area contributed by atoms with Gasteiger partial charge in [-0.3, -0.25) is 5.32 Å². The van der Waals surface area contributed by atoms with Crippen LogP contribution in [0.25, 0.3) is 0 Å². The number of aryl methyl sites for hydroxylation is 1. The number of ether oxygens (including phenoxy) is 1. The van der Waals surface area contributed by atoms with Gasteiger partial charge in [-0.15, -0.1) is 0 Å². The van der Waals surface area contributed by atoms with Gasteiger partial charge in [0.15, 0.2) is 9.84 Å². The lowest BCUT2D eigenvalue weighted by molar-refractivity contribution is 0.122. The summed E-state index contributed by atoms with van der Waals surface area (Å²) in [6, 6.07) is 20.5. The Balaban J connectivity index is 1.79. The van der Waals surface area contributed by atoms with E-state index in [1.54, 1.807) is 24.3 Å². The zero-order valence-electron chi connectivity index (χ0n) is 19.5. The molecule has 0 aliphatic carbocycles. The van der Waals surface area contributed by atoms with Crippen molar-refractivity contribution < 1.29 is 17.9 Å². The van der Waals surface area contributed by atoms with Gasteiger partial charge in [0.25, 0.3) is 0 Å². The normalized spacial score (nSPS) is 12.1. The Morgan fingerprint density at radius 1 is 1.00 bits per heavy atom. The van der Waals surface area contributed by atoms with Gasteiger partial charge in [-0.2, -0.15) is 0 Å². The molecule has 8 heteroatoms. The summed E-state index contributed by atoms with van der Waals surface area (Å²) in [5.41, 5.74) is 3.14. The van der Waals surface area contributed by atoms with Gasteiger partial charge in [0.2, 0.25) is 0 Å². The predicted molar refractivity (Wildman–Crippen MR) is 138 cm³/mol. The molecule has 1 atom stereocenters. The van der Waals surface area contributed by atoms with Crippen LogP contribution in [0.15, 0.2) is 77.7 Å². The minimum Gasteiger partial charge on any atom is -0.440 e. The summed E-state index contributed by atoms with van der Waals surface area (Å²) in [4.78, 5) is 15.1. The smallest absolute Gasteiger partial charge is 0.412 e. The highest BCUT2D eigenvalue weighted by Crippen LogP contribution is 2.26. The van der Waals surface area contributed by atoms with Gasteiger partial charge in [0.1, 0.15) is 6.10 Å². The van der Waals surface area contributed by atoms with E-state index in [-0.39, 0.29) is 4.90 Å². The fourth-order valence-corrected chi connectivity index (χ4v) is 5.17. The first-order valence-corrected chi connectivity index (χ1v) is 13.1. The minimum absolute atomic E-state index is 0.115. The molecule has 0 saturated carbocycles. The maximum absolute atomic E-state index is 13.0. The Bertz CT molecular complexity index is 1210. The second-order valence-corrected chi connectivity index (χ2v) is 10.3. The Morgan fingerprint density at radius 3 is 2.24 bits per heavy atom. The number of benzene rings is 3. The van der Waals surface area contributed by atoms with Crippen molar-refractivity contribution in [1.82, 2.24) is 0 Å². The molecule has 180 valence electrons. The lowest BCUT2D eigenvalue weighted by atomic mass is 10.1. The standard InChI is InChI=1S/C26H29ClN2O4S/c1-4-29(5-2)22-13-16-24(19(3)17-22)28-26(30)33-25(20-9-7-6-8-10-20)18-34(31,32)23-14-11-21(27)12-15-23/h6-17,25H,4-5,18H2,1-3H3,(H,28,30). The van der Waals surface area contributed by atoms with E-state index in [1.165, 1.54) is 24.3 Å².